The fourth-order valence-corrected chi connectivity index (χ4v) is 3.75. The fourth-order valence-electron chi connectivity index (χ4n) is 2.43. The quantitative estimate of drug-likeness (QED) is 0.418. The molecule has 4 N–H and O–H groups in total. The third-order valence-electron chi connectivity index (χ3n) is 3.46. The van der Waals surface area contributed by atoms with Crippen molar-refractivity contribution < 1.29 is 14.3 Å². The largest absolute Gasteiger partial charge is 0.462 e. The van der Waals surface area contributed by atoms with E-state index in [0.717, 1.165) is 35.4 Å². The molecule has 0 saturated carbocycles. The Morgan fingerprint density at radius 2 is 2.12 bits per heavy atom. The van der Waals surface area contributed by atoms with E-state index in [0.29, 0.717) is 17.0 Å². The lowest BCUT2D eigenvalue weighted by atomic mass is 9.94. The van der Waals surface area contributed by atoms with Crippen molar-refractivity contribution in [2.45, 2.75) is 39.5 Å². The van der Waals surface area contributed by atoms with Gasteiger partial charge in [-0.1, -0.05) is 6.92 Å². The van der Waals surface area contributed by atoms with E-state index in [9.17, 15) is 9.59 Å². The number of hydrogen-bond donors (Lipinski definition) is 3. The van der Waals surface area contributed by atoms with Gasteiger partial charge in [-0.05, 0) is 44.0 Å². The second kappa shape index (κ2) is 8.20. The highest BCUT2D eigenvalue weighted by atomic mass is 32.1. The highest BCUT2D eigenvalue weighted by molar-refractivity contribution is 7.80. The highest BCUT2D eigenvalue weighted by Crippen LogP contribution is 2.39. The summed E-state index contributed by atoms with van der Waals surface area (Å²) in [6.07, 6.45) is 2.64. The summed E-state index contributed by atoms with van der Waals surface area (Å²) in [7, 11) is 0. The van der Waals surface area contributed by atoms with E-state index < -0.39 is 5.97 Å². The first-order valence-electron chi connectivity index (χ1n) is 7.72. The van der Waals surface area contributed by atoms with Crippen molar-refractivity contribution in [2.75, 3.05) is 11.9 Å². The number of anilines is 1. The number of carbonyl (C=O) groups is 2. The normalized spacial score (nSPS) is 14.8. The average molecular weight is 368 g/mol. The molecule has 0 aliphatic heterocycles. The van der Waals surface area contributed by atoms with Crippen molar-refractivity contribution in [1.82, 2.24) is 5.43 Å². The third-order valence-corrected chi connectivity index (χ3v) is 4.75. The van der Waals surface area contributed by atoms with Gasteiger partial charge in [0, 0.05) is 6.42 Å². The summed E-state index contributed by atoms with van der Waals surface area (Å²) in [5.41, 5.74) is 10.1. The van der Waals surface area contributed by atoms with E-state index in [2.05, 4.69) is 15.8 Å². The zero-order valence-electron chi connectivity index (χ0n) is 13.6. The lowest BCUT2D eigenvalue weighted by Crippen LogP contribution is -2.26. The van der Waals surface area contributed by atoms with Gasteiger partial charge in [-0.15, -0.1) is 11.3 Å². The molecule has 0 spiro atoms. The van der Waals surface area contributed by atoms with E-state index >= 15 is 0 Å². The molecule has 1 aliphatic carbocycles. The summed E-state index contributed by atoms with van der Waals surface area (Å²) >= 11 is 6.11. The maximum atomic E-state index is 12.4. The lowest BCUT2D eigenvalue weighted by molar-refractivity contribution is -0.115. The first kappa shape index (κ1) is 18.3. The van der Waals surface area contributed by atoms with Crippen LogP contribution in [-0.2, 0) is 16.0 Å². The molecule has 0 fully saturated rings. The zero-order chi connectivity index (χ0) is 17.7. The molecule has 1 heterocycles. The second-order valence-corrected chi connectivity index (χ2v) is 6.58. The Morgan fingerprint density at radius 1 is 1.38 bits per heavy atom. The number of amides is 1. The van der Waals surface area contributed by atoms with Crippen LogP contribution in [0.3, 0.4) is 0 Å². The summed E-state index contributed by atoms with van der Waals surface area (Å²) in [5.74, 6) is -0.580. The van der Waals surface area contributed by atoms with Gasteiger partial charge in [-0.25, -0.2) is 4.79 Å². The summed E-state index contributed by atoms with van der Waals surface area (Å²) in [6, 6.07) is 0. The van der Waals surface area contributed by atoms with Crippen LogP contribution in [0, 0.1) is 0 Å². The van der Waals surface area contributed by atoms with Crippen LogP contribution < -0.4 is 16.5 Å². The summed E-state index contributed by atoms with van der Waals surface area (Å²) < 4.78 is 5.16. The van der Waals surface area contributed by atoms with E-state index in [-0.39, 0.29) is 17.6 Å². The second-order valence-electron chi connectivity index (χ2n) is 5.12. The van der Waals surface area contributed by atoms with Gasteiger partial charge in [0.1, 0.15) is 5.00 Å². The summed E-state index contributed by atoms with van der Waals surface area (Å²) in [4.78, 5) is 25.0. The number of hydrazone groups is 1. The van der Waals surface area contributed by atoms with E-state index in [1.165, 1.54) is 11.3 Å². The van der Waals surface area contributed by atoms with Crippen molar-refractivity contribution >= 4 is 51.3 Å². The van der Waals surface area contributed by atoms with Crippen LogP contribution in [0.4, 0.5) is 5.00 Å². The van der Waals surface area contributed by atoms with Gasteiger partial charge < -0.3 is 15.8 Å². The van der Waals surface area contributed by atoms with Gasteiger partial charge in [0.25, 0.3) is 0 Å². The predicted octanol–water partition coefficient (Wildman–Crippen LogP) is 2.15. The molecular formula is C15H20N4O3S2. The summed E-state index contributed by atoms with van der Waals surface area (Å²) in [5, 5.41) is 7.61. The van der Waals surface area contributed by atoms with Gasteiger partial charge in [0.15, 0.2) is 5.11 Å². The Morgan fingerprint density at radius 3 is 2.75 bits per heavy atom. The van der Waals surface area contributed by atoms with Crippen LogP contribution in [0.2, 0.25) is 0 Å². The van der Waals surface area contributed by atoms with Crippen molar-refractivity contribution in [1.29, 1.82) is 0 Å². The molecule has 7 nitrogen and oxygen atoms in total. The number of esters is 1. The molecule has 1 amide bonds. The van der Waals surface area contributed by atoms with Crippen LogP contribution in [0.5, 0.6) is 0 Å². The Hall–Kier alpha value is -2.00. The first-order valence-corrected chi connectivity index (χ1v) is 8.95. The van der Waals surface area contributed by atoms with Crippen molar-refractivity contribution in [3.8, 4) is 0 Å². The van der Waals surface area contributed by atoms with Gasteiger partial charge in [0.2, 0.25) is 5.91 Å². The minimum Gasteiger partial charge on any atom is -0.462 e. The van der Waals surface area contributed by atoms with Gasteiger partial charge in [-0.3, -0.25) is 10.2 Å². The van der Waals surface area contributed by atoms with Crippen LogP contribution in [0.25, 0.3) is 0 Å². The van der Waals surface area contributed by atoms with Crippen molar-refractivity contribution in [2.24, 2.45) is 10.8 Å². The number of fused-ring (bicyclic) bond motifs is 1. The summed E-state index contributed by atoms with van der Waals surface area (Å²) in [6.45, 7) is 3.78. The monoisotopic (exact) mass is 368 g/mol. The molecule has 0 saturated heterocycles. The molecule has 1 aliphatic rings. The SMILES string of the molecule is CCOC(=O)c1c(NC(=O)CC)sc2c1CCC/C2=N\NC(N)=S. The number of rotatable bonds is 5. The van der Waals surface area contributed by atoms with Gasteiger partial charge in [-0.2, -0.15) is 5.10 Å². The molecule has 9 heteroatoms. The highest BCUT2D eigenvalue weighted by Gasteiger charge is 2.30. The molecule has 1 aromatic rings. The van der Waals surface area contributed by atoms with E-state index in [1.54, 1.807) is 13.8 Å². The van der Waals surface area contributed by atoms with Gasteiger partial charge >= 0.3 is 5.97 Å². The molecule has 0 radical (unpaired) electrons. The van der Waals surface area contributed by atoms with E-state index in [1.807, 2.05) is 0 Å². The number of carbonyl (C=O) groups excluding carboxylic acids is 2. The number of nitrogens with zero attached hydrogens (tertiary/aromatic N) is 1. The smallest absolute Gasteiger partial charge is 0.341 e. The van der Waals surface area contributed by atoms with Crippen LogP contribution in [-0.4, -0.2) is 29.3 Å². The predicted molar refractivity (Wildman–Crippen MR) is 98.6 cm³/mol. The number of thiocarbonyl (C=S) groups is 1. The van der Waals surface area contributed by atoms with Crippen LogP contribution in [0.15, 0.2) is 5.10 Å². The van der Waals surface area contributed by atoms with Crippen LogP contribution >= 0.6 is 23.6 Å². The van der Waals surface area contributed by atoms with Crippen molar-refractivity contribution in [3.63, 3.8) is 0 Å². The lowest BCUT2D eigenvalue weighted by Gasteiger charge is -2.15. The number of hydrogen-bond acceptors (Lipinski definition) is 6. The molecule has 1 aromatic heterocycles. The Balaban J connectivity index is 2.48. The standard InChI is InChI=1S/C15H20N4O3S2/c1-3-10(20)17-13-11(14(21)22-4-2)8-6-5-7-9(12(8)24-13)18-19-15(16)23/h3-7H2,1-2H3,(H,17,20)(H3,16,19,23)/b18-9+. The topological polar surface area (TPSA) is 106 Å². The Bertz CT molecular complexity index is 697. The molecule has 130 valence electrons. The third kappa shape index (κ3) is 4.09. The van der Waals surface area contributed by atoms with Gasteiger partial charge in [0.05, 0.1) is 22.8 Å². The molecule has 0 unspecified atom stereocenters. The maximum absolute atomic E-state index is 12.4. The van der Waals surface area contributed by atoms with Crippen molar-refractivity contribution in [3.05, 3.63) is 16.0 Å². The molecule has 0 bridgehead atoms. The number of ether oxygens (including phenoxy) is 1. The molecule has 2 rings (SSSR count). The maximum Gasteiger partial charge on any atom is 0.341 e. The number of nitrogens with two attached hydrogens (primary N) is 1. The minimum atomic E-state index is -0.426. The zero-order valence-corrected chi connectivity index (χ0v) is 15.2. The number of nitrogens with one attached hydrogen (secondary N) is 2. The fraction of sp³-hybridized carbons (Fsp3) is 0.467. The Labute approximate surface area is 149 Å². The molecule has 24 heavy (non-hydrogen) atoms. The first-order chi connectivity index (χ1) is 11.5. The average Bonchev–Trinajstić information content (AvgIpc) is 2.91. The van der Waals surface area contributed by atoms with E-state index in [4.69, 9.17) is 22.7 Å². The number of thiophene rings is 1. The Kier molecular flexibility index (Phi) is 6.27. The molecule has 0 atom stereocenters. The molecular weight excluding hydrogens is 348 g/mol. The molecule has 0 aromatic carbocycles. The van der Waals surface area contributed by atoms with Crippen LogP contribution in [0.1, 0.15) is 53.9 Å². The minimum absolute atomic E-state index is 0.0799.